The molecule has 0 bridgehead atoms. The zero-order valence-corrected chi connectivity index (χ0v) is 8.43. The first-order valence-corrected chi connectivity index (χ1v) is 4.54. The van der Waals surface area contributed by atoms with Crippen molar-refractivity contribution >= 4 is 0 Å². The van der Waals surface area contributed by atoms with Gasteiger partial charge in [0.05, 0.1) is 19.8 Å². The van der Waals surface area contributed by atoms with Crippen LogP contribution >= 0.6 is 0 Å². The molecule has 0 aromatic heterocycles. The van der Waals surface area contributed by atoms with Gasteiger partial charge in [-0.1, -0.05) is 13.8 Å². The summed E-state index contributed by atoms with van der Waals surface area (Å²) in [5.41, 5.74) is 0. The molecular weight excluding hydrogens is 154 g/mol. The Morgan fingerprint density at radius 2 is 1.92 bits per heavy atom. The molecule has 0 fully saturated rings. The monoisotopic (exact) mass is 175 g/mol. The van der Waals surface area contributed by atoms with E-state index in [9.17, 15) is 0 Å². The van der Waals surface area contributed by atoms with E-state index < -0.39 is 0 Å². The average Bonchev–Trinajstić information content (AvgIpc) is 2.02. The van der Waals surface area contributed by atoms with Crippen LogP contribution < -0.4 is 5.32 Å². The molecule has 0 unspecified atom stereocenters. The molecule has 0 saturated heterocycles. The Bertz CT molecular complexity index is 86.6. The van der Waals surface area contributed by atoms with Gasteiger partial charge >= 0.3 is 0 Å². The van der Waals surface area contributed by atoms with E-state index in [2.05, 4.69) is 19.2 Å². The molecule has 0 amide bonds. The normalized spacial score (nSPS) is 11.0. The number of ether oxygens (including phenoxy) is 2. The van der Waals surface area contributed by atoms with E-state index >= 15 is 0 Å². The second kappa shape index (κ2) is 8.97. The van der Waals surface area contributed by atoms with Gasteiger partial charge in [0.25, 0.3) is 0 Å². The molecular formula is C9H21NO2. The lowest BCUT2D eigenvalue weighted by molar-refractivity contribution is 0.0718. The lowest BCUT2D eigenvalue weighted by atomic mass is 10.2. The summed E-state index contributed by atoms with van der Waals surface area (Å²) in [5, 5.41) is 3.30. The topological polar surface area (TPSA) is 30.5 Å². The molecule has 1 N–H and O–H groups in total. The maximum atomic E-state index is 5.27. The summed E-state index contributed by atoms with van der Waals surface area (Å²) in [6.07, 6.45) is 0. The van der Waals surface area contributed by atoms with E-state index in [1.165, 1.54) is 0 Å². The summed E-state index contributed by atoms with van der Waals surface area (Å²) < 4.78 is 10.1. The van der Waals surface area contributed by atoms with Gasteiger partial charge in [-0.2, -0.15) is 0 Å². The van der Waals surface area contributed by atoms with Crippen molar-refractivity contribution in [2.45, 2.75) is 13.8 Å². The van der Waals surface area contributed by atoms with Gasteiger partial charge < -0.3 is 14.8 Å². The number of nitrogens with one attached hydrogen (secondary N) is 1. The molecule has 0 radical (unpaired) electrons. The van der Waals surface area contributed by atoms with E-state index in [4.69, 9.17) is 9.47 Å². The third-order valence-corrected chi connectivity index (χ3v) is 1.41. The van der Waals surface area contributed by atoms with E-state index in [0.717, 1.165) is 19.7 Å². The summed E-state index contributed by atoms with van der Waals surface area (Å²) in [6.45, 7) is 8.53. The standard InChI is InChI=1S/C9H21NO2/c1-9(2)8-10-4-5-12-7-6-11-3/h9-10H,4-8H2,1-3H3. The fourth-order valence-electron chi connectivity index (χ4n) is 0.779. The van der Waals surface area contributed by atoms with Crippen LogP contribution in [0.2, 0.25) is 0 Å². The third-order valence-electron chi connectivity index (χ3n) is 1.41. The van der Waals surface area contributed by atoms with Crippen LogP contribution in [0.5, 0.6) is 0 Å². The quantitative estimate of drug-likeness (QED) is 0.556. The number of hydrogen-bond donors (Lipinski definition) is 1. The van der Waals surface area contributed by atoms with Gasteiger partial charge in [0.1, 0.15) is 0 Å². The van der Waals surface area contributed by atoms with Crippen molar-refractivity contribution in [1.82, 2.24) is 5.32 Å². The smallest absolute Gasteiger partial charge is 0.0700 e. The van der Waals surface area contributed by atoms with Crippen LogP contribution in [0.3, 0.4) is 0 Å². The van der Waals surface area contributed by atoms with Crippen LogP contribution in [0, 0.1) is 5.92 Å². The fraction of sp³-hybridized carbons (Fsp3) is 1.00. The lowest BCUT2D eigenvalue weighted by Gasteiger charge is -2.07. The molecule has 0 rings (SSSR count). The van der Waals surface area contributed by atoms with Crippen molar-refractivity contribution < 1.29 is 9.47 Å². The Hall–Kier alpha value is -0.120. The Morgan fingerprint density at radius 3 is 2.50 bits per heavy atom. The molecule has 0 aromatic carbocycles. The minimum Gasteiger partial charge on any atom is -0.382 e. The van der Waals surface area contributed by atoms with Crippen molar-refractivity contribution in [1.29, 1.82) is 0 Å². The second-order valence-corrected chi connectivity index (χ2v) is 3.20. The Kier molecular flexibility index (Phi) is 8.88. The Balaban J connectivity index is 2.82. The van der Waals surface area contributed by atoms with Gasteiger partial charge in [-0.3, -0.25) is 0 Å². The Labute approximate surface area is 75.4 Å². The molecule has 0 aromatic rings. The largest absolute Gasteiger partial charge is 0.382 e. The highest BCUT2D eigenvalue weighted by atomic mass is 16.5. The molecule has 0 aliphatic carbocycles. The molecule has 3 heteroatoms. The minimum absolute atomic E-state index is 0.685. The van der Waals surface area contributed by atoms with Crippen molar-refractivity contribution in [2.75, 3.05) is 40.0 Å². The maximum absolute atomic E-state index is 5.27. The van der Waals surface area contributed by atoms with Crippen molar-refractivity contribution in [3.05, 3.63) is 0 Å². The molecule has 0 heterocycles. The lowest BCUT2D eigenvalue weighted by Crippen LogP contribution is -2.24. The van der Waals surface area contributed by atoms with E-state index in [1.807, 2.05) is 0 Å². The summed E-state index contributed by atoms with van der Waals surface area (Å²) in [7, 11) is 1.68. The predicted octanol–water partition coefficient (Wildman–Crippen LogP) is 0.895. The van der Waals surface area contributed by atoms with Gasteiger partial charge in [0.15, 0.2) is 0 Å². The van der Waals surface area contributed by atoms with Crippen molar-refractivity contribution in [3.63, 3.8) is 0 Å². The molecule has 12 heavy (non-hydrogen) atoms. The molecule has 74 valence electrons. The Morgan fingerprint density at radius 1 is 1.17 bits per heavy atom. The second-order valence-electron chi connectivity index (χ2n) is 3.20. The highest BCUT2D eigenvalue weighted by Crippen LogP contribution is 1.85. The number of methoxy groups -OCH3 is 1. The summed E-state index contributed by atoms with van der Waals surface area (Å²) in [5.74, 6) is 0.712. The molecule has 3 nitrogen and oxygen atoms in total. The van der Waals surface area contributed by atoms with Crippen LogP contribution in [-0.4, -0.2) is 40.0 Å². The zero-order chi connectivity index (χ0) is 9.23. The highest BCUT2D eigenvalue weighted by molar-refractivity contribution is 4.49. The van der Waals surface area contributed by atoms with Crippen LogP contribution in [0.4, 0.5) is 0 Å². The van der Waals surface area contributed by atoms with Gasteiger partial charge in [-0.25, -0.2) is 0 Å². The van der Waals surface area contributed by atoms with Gasteiger partial charge in [0.2, 0.25) is 0 Å². The zero-order valence-electron chi connectivity index (χ0n) is 8.43. The average molecular weight is 175 g/mol. The summed E-state index contributed by atoms with van der Waals surface area (Å²) >= 11 is 0. The predicted molar refractivity (Wildman–Crippen MR) is 50.4 cm³/mol. The SMILES string of the molecule is COCCOCCNCC(C)C. The first-order chi connectivity index (χ1) is 5.77. The van der Waals surface area contributed by atoms with E-state index in [-0.39, 0.29) is 0 Å². The molecule has 0 aliphatic rings. The first-order valence-electron chi connectivity index (χ1n) is 4.54. The van der Waals surface area contributed by atoms with E-state index in [0.29, 0.717) is 19.1 Å². The van der Waals surface area contributed by atoms with Crippen molar-refractivity contribution in [3.8, 4) is 0 Å². The summed E-state index contributed by atoms with van der Waals surface area (Å²) in [6, 6.07) is 0. The molecule has 0 atom stereocenters. The molecule has 0 spiro atoms. The third kappa shape index (κ3) is 9.88. The van der Waals surface area contributed by atoms with Gasteiger partial charge in [0, 0.05) is 13.7 Å². The molecule has 0 aliphatic heterocycles. The van der Waals surface area contributed by atoms with Crippen LogP contribution in [-0.2, 0) is 9.47 Å². The first kappa shape index (κ1) is 11.9. The fourth-order valence-corrected chi connectivity index (χ4v) is 0.779. The maximum Gasteiger partial charge on any atom is 0.0700 e. The van der Waals surface area contributed by atoms with Crippen molar-refractivity contribution in [2.24, 2.45) is 5.92 Å². The highest BCUT2D eigenvalue weighted by Gasteiger charge is 1.92. The minimum atomic E-state index is 0.685. The van der Waals surface area contributed by atoms with Gasteiger partial charge in [-0.15, -0.1) is 0 Å². The van der Waals surface area contributed by atoms with Crippen LogP contribution in [0.15, 0.2) is 0 Å². The van der Waals surface area contributed by atoms with Gasteiger partial charge in [-0.05, 0) is 12.5 Å². The van der Waals surface area contributed by atoms with Crippen LogP contribution in [0.25, 0.3) is 0 Å². The summed E-state index contributed by atoms with van der Waals surface area (Å²) in [4.78, 5) is 0. The van der Waals surface area contributed by atoms with Crippen LogP contribution in [0.1, 0.15) is 13.8 Å². The molecule has 0 saturated carbocycles. The van der Waals surface area contributed by atoms with E-state index in [1.54, 1.807) is 7.11 Å². The number of hydrogen-bond acceptors (Lipinski definition) is 3. The number of rotatable bonds is 8.